The van der Waals surface area contributed by atoms with E-state index in [1.165, 1.54) is 0 Å². The monoisotopic (exact) mass is 241 g/mol. The van der Waals surface area contributed by atoms with Crippen LogP contribution in [0, 0.1) is 0 Å². The minimum Gasteiger partial charge on any atom is -0.548 e. The summed E-state index contributed by atoms with van der Waals surface area (Å²) in [5, 5.41) is 10.3. The van der Waals surface area contributed by atoms with Gasteiger partial charge in [-0.05, 0) is 13.3 Å². The van der Waals surface area contributed by atoms with Crippen LogP contribution in [0.1, 0.15) is 33.1 Å². The molecule has 0 aliphatic heterocycles. The number of carboxylic acids is 1. The Labute approximate surface area is 117 Å². The van der Waals surface area contributed by atoms with Gasteiger partial charge >= 0.3 is 29.6 Å². The predicted molar refractivity (Wildman–Crippen MR) is 51.7 cm³/mol. The van der Waals surface area contributed by atoms with Gasteiger partial charge in [-0.15, -0.1) is 0 Å². The molecule has 0 rings (SSSR count). The molecule has 88 valence electrons. The first kappa shape index (κ1) is 18.2. The summed E-state index contributed by atoms with van der Waals surface area (Å²) in [4.78, 5) is 22.8. The first-order chi connectivity index (χ1) is 7.01. The molecule has 6 heteroatoms. The normalized spacial score (nSPS) is 11.4. The van der Waals surface area contributed by atoms with E-state index in [1.54, 1.807) is 6.92 Å². The van der Waals surface area contributed by atoms with Gasteiger partial charge in [0.2, 0.25) is 5.91 Å². The van der Waals surface area contributed by atoms with E-state index in [1.807, 2.05) is 6.92 Å². The fraction of sp³-hybridized carbons (Fsp3) is 0.800. The number of carbonyl (C=O) groups excluding carboxylic acids is 2. The Morgan fingerprint density at radius 3 is 2.31 bits per heavy atom. The van der Waals surface area contributed by atoms with Gasteiger partial charge in [0.15, 0.2) is 0 Å². The third-order valence-electron chi connectivity index (χ3n) is 2.05. The number of hydrogen-bond acceptors (Lipinski definition) is 3. The van der Waals surface area contributed by atoms with Gasteiger partial charge in [0.25, 0.3) is 0 Å². The van der Waals surface area contributed by atoms with Gasteiger partial charge in [0.1, 0.15) is 6.17 Å². The number of aliphatic carboxylic acids is 1. The summed E-state index contributed by atoms with van der Waals surface area (Å²) < 4.78 is 13.1. The molecule has 0 bridgehead atoms. The molecule has 1 amide bonds. The minimum absolute atomic E-state index is 0. The van der Waals surface area contributed by atoms with E-state index in [-0.39, 0.29) is 42.5 Å². The van der Waals surface area contributed by atoms with Crippen molar-refractivity contribution in [2.24, 2.45) is 0 Å². The van der Waals surface area contributed by atoms with Crippen LogP contribution in [-0.4, -0.2) is 36.0 Å². The van der Waals surface area contributed by atoms with Gasteiger partial charge in [0.05, 0.1) is 18.9 Å². The number of nitrogens with zero attached hydrogens (tertiary/aromatic N) is 1. The molecule has 0 aliphatic carbocycles. The summed E-state index contributed by atoms with van der Waals surface area (Å²) in [6.07, 6.45) is -0.428. The molecule has 1 atom stereocenters. The summed E-state index contributed by atoms with van der Waals surface area (Å²) >= 11 is 0. The second-order valence-corrected chi connectivity index (χ2v) is 3.37. The van der Waals surface area contributed by atoms with Crippen molar-refractivity contribution in [1.29, 1.82) is 0 Å². The zero-order chi connectivity index (χ0) is 11.8. The summed E-state index contributed by atoms with van der Waals surface area (Å²) in [6, 6.07) is 0. The summed E-state index contributed by atoms with van der Waals surface area (Å²) in [5.74, 6) is -1.79. The molecule has 0 fully saturated rings. The van der Waals surface area contributed by atoms with Crippen LogP contribution in [0.3, 0.4) is 0 Å². The number of rotatable bonds is 7. The molecule has 0 N–H and O–H groups in total. The molecule has 0 saturated carbocycles. The molecular weight excluding hydrogens is 224 g/mol. The zero-order valence-electron chi connectivity index (χ0n) is 10.2. The molecule has 0 aromatic heterocycles. The van der Waals surface area contributed by atoms with Crippen molar-refractivity contribution in [3.63, 3.8) is 0 Å². The maximum Gasteiger partial charge on any atom is 1.00 e. The van der Waals surface area contributed by atoms with Gasteiger partial charge in [0, 0.05) is 6.54 Å². The van der Waals surface area contributed by atoms with Crippen LogP contribution in [-0.2, 0) is 9.59 Å². The van der Waals surface area contributed by atoms with Crippen molar-refractivity contribution in [2.75, 3.05) is 13.1 Å². The van der Waals surface area contributed by atoms with Crippen LogP contribution in [0.5, 0.6) is 0 Å². The molecule has 1 unspecified atom stereocenters. The Hall–Kier alpha value is -0.130. The third-order valence-corrected chi connectivity index (χ3v) is 2.05. The predicted octanol–water partition coefficient (Wildman–Crippen LogP) is -2.88. The fourth-order valence-electron chi connectivity index (χ4n) is 1.27. The van der Waals surface area contributed by atoms with E-state index in [0.29, 0.717) is 12.8 Å². The largest absolute Gasteiger partial charge is 1.00 e. The number of alkyl halides is 1. The Bertz CT molecular complexity index is 226. The molecule has 16 heavy (non-hydrogen) atoms. The smallest absolute Gasteiger partial charge is 0.548 e. The van der Waals surface area contributed by atoms with Crippen LogP contribution in [0.2, 0.25) is 0 Å². The quantitative estimate of drug-likeness (QED) is 0.450. The van der Waals surface area contributed by atoms with E-state index in [9.17, 15) is 19.1 Å². The Morgan fingerprint density at radius 1 is 1.38 bits per heavy atom. The summed E-state index contributed by atoms with van der Waals surface area (Å²) in [6.45, 7) is 3.27. The SMILES string of the molecule is CCCC(F)CC(=O)N(CC)CC(=O)[O-].[Na+]. The van der Waals surface area contributed by atoms with Crippen LogP contribution < -0.4 is 34.7 Å². The van der Waals surface area contributed by atoms with E-state index < -0.39 is 24.6 Å². The Balaban J connectivity index is 0. The number of hydrogen-bond donors (Lipinski definition) is 0. The van der Waals surface area contributed by atoms with E-state index in [0.717, 1.165) is 4.90 Å². The minimum atomic E-state index is -1.32. The third kappa shape index (κ3) is 8.07. The van der Waals surface area contributed by atoms with Crippen molar-refractivity contribution in [1.82, 2.24) is 4.90 Å². The maximum absolute atomic E-state index is 13.1. The zero-order valence-corrected chi connectivity index (χ0v) is 12.2. The van der Waals surface area contributed by atoms with Crippen LogP contribution in [0.4, 0.5) is 4.39 Å². The summed E-state index contributed by atoms with van der Waals surface area (Å²) in [7, 11) is 0. The molecule has 0 radical (unpaired) electrons. The Kier molecular flexibility index (Phi) is 11.5. The Morgan fingerprint density at radius 2 is 1.94 bits per heavy atom. The molecule has 0 heterocycles. The van der Waals surface area contributed by atoms with Gasteiger partial charge in [-0.3, -0.25) is 4.79 Å². The fourth-order valence-corrected chi connectivity index (χ4v) is 1.27. The van der Waals surface area contributed by atoms with E-state index >= 15 is 0 Å². The van der Waals surface area contributed by atoms with E-state index in [2.05, 4.69) is 0 Å². The molecule has 0 aromatic rings. The molecule has 4 nitrogen and oxygen atoms in total. The first-order valence-corrected chi connectivity index (χ1v) is 5.12. The van der Waals surface area contributed by atoms with Crippen LogP contribution >= 0.6 is 0 Å². The van der Waals surface area contributed by atoms with Crippen LogP contribution in [0.15, 0.2) is 0 Å². The van der Waals surface area contributed by atoms with Crippen LogP contribution in [0.25, 0.3) is 0 Å². The average molecular weight is 241 g/mol. The van der Waals surface area contributed by atoms with Gasteiger partial charge < -0.3 is 14.8 Å². The van der Waals surface area contributed by atoms with Gasteiger partial charge in [-0.1, -0.05) is 13.3 Å². The van der Waals surface area contributed by atoms with Crippen molar-refractivity contribution < 1.29 is 48.6 Å². The van der Waals surface area contributed by atoms with Crippen molar-refractivity contribution in [3.05, 3.63) is 0 Å². The topological polar surface area (TPSA) is 60.4 Å². The van der Waals surface area contributed by atoms with Crippen molar-refractivity contribution in [2.45, 2.75) is 39.3 Å². The van der Waals surface area contributed by atoms with Crippen molar-refractivity contribution in [3.8, 4) is 0 Å². The second-order valence-electron chi connectivity index (χ2n) is 3.37. The number of carboxylic acid groups (broad SMARTS) is 1. The molecule has 0 spiro atoms. The number of halogens is 1. The first-order valence-electron chi connectivity index (χ1n) is 5.12. The molecular formula is C10H17FNNaO3. The van der Waals surface area contributed by atoms with Gasteiger partial charge in [-0.2, -0.15) is 0 Å². The summed E-state index contributed by atoms with van der Waals surface area (Å²) in [5.41, 5.74) is 0. The van der Waals surface area contributed by atoms with E-state index in [4.69, 9.17) is 0 Å². The standard InChI is InChI=1S/C10H18FNO3.Na/c1-3-5-8(11)6-9(13)12(4-2)7-10(14)15;/h8H,3-7H2,1-2H3,(H,14,15);/q;+1/p-1. The van der Waals surface area contributed by atoms with Crippen molar-refractivity contribution >= 4 is 11.9 Å². The number of carbonyl (C=O) groups is 2. The molecule has 0 saturated heterocycles. The second kappa shape index (κ2) is 10.1. The maximum atomic E-state index is 13.1. The number of amides is 1. The molecule has 0 aromatic carbocycles. The molecule has 0 aliphatic rings. The van der Waals surface area contributed by atoms with Gasteiger partial charge in [-0.25, -0.2) is 4.39 Å². The number of likely N-dealkylation sites (N-methyl/N-ethyl adjacent to an activating group) is 1. The average Bonchev–Trinajstić information content (AvgIpc) is 2.13.